The van der Waals surface area contributed by atoms with Crippen molar-refractivity contribution >= 4 is 38.3 Å². The molecule has 3 aromatic rings. The van der Waals surface area contributed by atoms with Crippen LogP contribution in [0.4, 0.5) is 10.8 Å². The SMILES string of the molecule is Cc1cnccc1N1CCN(C(=O)c2ccc3sc(N)nc3c2)CC1. The number of piperazine rings is 1. The first-order chi connectivity index (χ1) is 12.1. The zero-order valence-electron chi connectivity index (χ0n) is 14.0. The third-order valence-corrected chi connectivity index (χ3v) is 5.41. The molecule has 0 bridgehead atoms. The predicted molar refractivity (Wildman–Crippen MR) is 101 cm³/mol. The van der Waals surface area contributed by atoms with Crippen molar-refractivity contribution in [2.75, 3.05) is 36.8 Å². The van der Waals surface area contributed by atoms with Gasteiger partial charge in [-0.05, 0) is 36.8 Å². The van der Waals surface area contributed by atoms with E-state index in [1.807, 2.05) is 41.6 Å². The monoisotopic (exact) mass is 353 g/mol. The number of aromatic nitrogens is 2. The Kier molecular flexibility index (Phi) is 4.01. The van der Waals surface area contributed by atoms with Gasteiger partial charge in [0.25, 0.3) is 5.91 Å². The lowest BCUT2D eigenvalue weighted by Gasteiger charge is -2.36. The minimum atomic E-state index is 0.0552. The fourth-order valence-electron chi connectivity index (χ4n) is 3.23. The maximum Gasteiger partial charge on any atom is 0.254 e. The van der Waals surface area contributed by atoms with E-state index in [9.17, 15) is 4.79 Å². The van der Waals surface area contributed by atoms with Crippen molar-refractivity contribution in [3.63, 3.8) is 0 Å². The van der Waals surface area contributed by atoms with Crippen molar-refractivity contribution in [1.82, 2.24) is 14.9 Å². The second-order valence-corrected chi connectivity index (χ2v) is 7.24. The Morgan fingerprint density at radius 1 is 1.20 bits per heavy atom. The lowest BCUT2D eigenvalue weighted by molar-refractivity contribution is 0.0747. The van der Waals surface area contributed by atoms with E-state index in [-0.39, 0.29) is 5.91 Å². The van der Waals surface area contributed by atoms with Gasteiger partial charge in [0.1, 0.15) is 0 Å². The van der Waals surface area contributed by atoms with Gasteiger partial charge >= 0.3 is 0 Å². The number of amides is 1. The number of nitrogen functional groups attached to an aromatic ring is 1. The van der Waals surface area contributed by atoms with Crippen LogP contribution in [-0.4, -0.2) is 47.0 Å². The number of hydrogen-bond acceptors (Lipinski definition) is 6. The Hall–Kier alpha value is -2.67. The highest BCUT2D eigenvalue weighted by Crippen LogP contribution is 2.25. The van der Waals surface area contributed by atoms with E-state index in [0.717, 1.165) is 28.9 Å². The van der Waals surface area contributed by atoms with Crippen LogP contribution in [-0.2, 0) is 0 Å². The molecule has 0 saturated carbocycles. The molecule has 128 valence electrons. The quantitative estimate of drug-likeness (QED) is 0.766. The molecular weight excluding hydrogens is 334 g/mol. The molecule has 4 rings (SSSR count). The van der Waals surface area contributed by atoms with Crippen molar-refractivity contribution < 1.29 is 4.79 Å². The van der Waals surface area contributed by atoms with Crippen molar-refractivity contribution in [3.05, 3.63) is 47.8 Å². The number of anilines is 2. The van der Waals surface area contributed by atoms with Gasteiger partial charge in [-0.2, -0.15) is 0 Å². The van der Waals surface area contributed by atoms with Crippen LogP contribution in [0.3, 0.4) is 0 Å². The van der Waals surface area contributed by atoms with Gasteiger partial charge < -0.3 is 15.5 Å². The summed E-state index contributed by atoms with van der Waals surface area (Å²) in [6.45, 7) is 5.12. The number of carbonyl (C=O) groups is 1. The van der Waals surface area contributed by atoms with Crippen LogP contribution >= 0.6 is 11.3 Å². The molecule has 6 nitrogen and oxygen atoms in total. The number of aryl methyl sites for hydroxylation is 1. The summed E-state index contributed by atoms with van der Waals surface area (Å²) in [4.78, 5) is 25.4. The summed E-state index contributed by atoms with van der Waals surface area (Å²) in [5.41, 5.74) is 9.56. The van der Waals surface area contributed by atoms with E-state index in [2.05, 4.69) is 21.8 Å². The van der Waals surface area contributed by atoms with Gasteiger partial charge in [0, 0.05) is 49.8 Å². The molecule has 2 N–H and O–H groups in total. The van der Waals surface area contributed by atoms with Crippen LogP contribution in [0.5, 0.6) is 0 Å². The van der Waals surface area contributed by atoms with E-state index in [0.29, 0.717) is 23.8 Å². The summed E-state index contributed by atoms with van der Waals surface area (Å²) >= 11 is 1.44. The van der Waals surface area contributed by atoms with E-state index in [1.54, 1.807) is 0 Å². The first kappa shape index (κ1) is 15.8. The molecule has 0 spiro atoms. The lowest BCUT2D eigenvalue weighted by Crippen LogP contribution is -2.49. The van der Waals surface area contributed by atoms with Crippen molar-refractivity contribution in [3.8, 4) is 0 Å². The molecule has 0 radical (unpaired) electrons. The largest absolute Gasteiger partial charge is 0.375 e. The zero-order chi connectivity index (χ0) is 17.4. The van der Waals surface area contributed by atoms with Gasteiger partial charge in [-0.15, -0.1) is 0 Å². The predicted octanol–water partition coefficient (Wildman–Crippen LogP) is 2.54. The highest BCUT2D eigenvalue weighted by atomic mass is 32.1. The van der Waals surface area contributed by atoms with Gasteiger partial charge in [0.2, 0.25) is 0 Å². The number of pyridine rings is 1. The number of thiazole rings is 1. The van der Waals surface area contributed by atoms with E-state index >= 15 is 0 Å². The summed E-state index contributed by atoms with van der Waals surface area (Å²) in [6.07, 6.45) is 3.69. The first-order valence-electron chi connectivity index (χ1n) is 8.23. The fourth-order valence-corrected chi connectivity index (χ4v) is 3.95. The number of hydrogen-bond donors (Lipinski definition) is 1. The highest BCUT2D eigenvalue weighted by molar-refractivity contribution is 7.22. The topological polar surface area (TPSA) is 75.4 Å². The minimum absolute atomic E-state index is 0.0552. The highest BCUT2D eigenvalue weighted by Gasteiger charge is 2.23. The van der Waals surface area contributed by atoms with Crippen LogP contribution in [0.2, 0.25) is 0 Å². The van der Waals surface area contributed by atoms with Gasteiger partial charge in [-0.3, -0.25) is 9.78 Å². The lowest BCUT2D eigenvalue weighted by atomic mass is 10.1. The Morgan fingerprint density at radius 2 is 2.00 bits per heavy atom. The molecule has 25 heavy (non-hydrogen) atoms. The summed E-state index contributed by atoms with van der Waals surface area (Å²) in [5.74, 6) is 0.0552. The molecule has 3 heterocycles. The summed E-state index contributed by atoms with van der Waals surface area (Å²) < 4.78 is 1.01. The number of benzene rings is 1. The molecule has 7 heteroatoms. The van der Waals surface area contributed by atoms with Gasteiger partial charge in [-0.25, -0.2) is 4.98 Å². The smallest absolute Gasteiger partial charge is 0.254 e. The van der Waals surface area contributed by atoms with Crippen LogP contribution in [0.25, 0.3) is 10.2 Å². The van der Waals surface area contributed by atoms with Crippen LogP contribution in [0, 0.1) is 6.92 Å². The molecule has 0 unspecified atom stereocenters. The van der Waals surface area contributed by atoms with Crippen molar-refractivity contribution in [2.45, 2.75) is 6.92 Å². The molecule has 1 aromatic carbocycles. The van der Waals surface area contributed by atoms with Crippen LogP contribution in [0.1, 0.15) is 15.9 Å². The number of carbonyl (C=O) groups excluding carboxylic acids is 1. The molecule has 0 aliphatic carbocycles. The Bertz CT molecular complexity index is 930. The summed E-state index contributed by atoms with van der Waals surface area (Å²) in [5, 5.41) is 0.529. The third kappa shape index (κ3) is 3.02. The van der Waals surface area contributed by atoms with Gasteiger partial charge in [-0.1, -0.05) is 11.3 Å². The van der Waals surface area contributed by atoms with Crippen molar-refractivity contribution in [2.24, 2.45) is 0 Å². The fraction of sp³-hybridized carbons (Fsp3) is 0.278. The van der Waals surface area contributed by atoms with Crippen LogP contribution < -0.4 is 10.6 Å². The number of nitrogens with two attached hydrogens (primary N) is 1. The Morgan fingerprint density at radius 3 is 2.76 bits per heavy atom. The average Bonchev–Trinajstić information content (AvgIpc) is 3.01. The third-order valence-electron chi connectivity index (χ3n) is 4.55. The summed E-state index contributed by atoms with van der Waals surface area (Å²) in [6, 6.07) is 7.66. The van der Waals surface area contributed by atoms with E-state index < -0.39 is 0 Å². The molecule has 1 aliphatic rings. The van der Waals surface area contributed by atoms with Crippen molar-refractivity contribution in [1.29, 1.82) is 0 Å². The minimum Gasteiger partial charge on any atom is -0.375 e. The van der Waals surface area contributed by atoms with E-state index in [4.69, 9.17) is 5.73 Å². The molecule has 1 aliphatic heterocycles. The maximum absolute atomic E-state index is 12.8. The average molecular weight is 353 g/mol. The Balaban J connectivity index is 1.48. The van der Waals surface area contributed by atoms with Gasteiger partial charge in [0.05, 0.1) is 10.2 Å². The van der Waals surface area contributed by atoms with Gasteiger partial charge in [0.15, 0.2) is 5.13 Å². The summed E-state index contributed by atoms with van der Waals surface area (Å²) in [7, 11) is 0. The number of rotatable bonds is 2. The molecule has 1 saturated heterocycles. The first-order valence-corrected chi connectivity index (χ1v) is 9.04. The molecule has 1 fully saturated rings. The molecular formula is C18H19N5OS. The standard InChI is InChI=1S/C18H19N5OS/c1-12-11-20-5-4-15(12)22-6-8-23(9-7-22)17(24)13-2-3-16-14(10-13)21-18(19)25-16/h2-5,10-11H,6-9H2,1H3,(H2,19,21). The molecule has 1 amide bonds. The van der Waals surface area contributed by atoms with Crippen LogP contribution in [0.15, 0.2) is 36.7 Å². The number of fused-ring (bicyclic) bond motifs is 1. The molecule has 2 aromatic heterocycles. The number of nitrogens with zero attached hydrogens (tertiary/aromatic N) is 4. The molecule has 0 atom stereocenters. The second-order valence-electron chi connectivity index (χ2n) is 6.18. The Labute approximate surface area is 149 Å². The zero-order valence-corrected chi connectivity index (χ0v) is 14.8. The maximum atomic E-state index is 12.8. The normalized spacial score (nSPS) is 14.9. The van der Waals surface area contributed by atoms with E-state index in [1.165, 1.54) is 17.0 Å². The second kappa shape index (κ2) is 6.33.